The summed E-state index contributed by atoms with van der Waals surface area (Å²) in [5, 5.41) is 0.916. The molecule has 1 fully saturated rings. The maximum atomic E-state index is 13.9. The smallest absolute Gasteiger partial charge is 0.489 e. The van der Waals surface area contributed by atoms with Crippen LogP contribution in [0.1, 0.15) is 81.8 Å². The predicted molar refractivity (Wildman–Crippen MR) is 182 cm³/mol. The molecule has 0 radical (unpaired) electrons. The minimum atomic E-state index is -0.698. The first-order valence-electron chi connectivity index (χ1n) is 16.3. The van der Waals surface area contributed by atoms with Crippen molar-refractivity contribution in [3.05, 3.63) is 89.1 Å². The average molecular weight is 636 g/mol. The van der Waals surface area contributed by atoms with Gasteiger partial charge in [-0.25, -0.2) is 9.36 Å². The highest BCUT2D eigenvalue weighted by molar-refractivity contribution is 6.62. The summed E-state index contributed by atoms with van der Waals surface area (Å²) in [5.74, 6) is 0.654. The molecule has 1 amide bonds. The number of ether oxygens (including phenoxy) is 2. The van der Waals surface area contributed by atoms with Crippen LogP contribution in [0.2, 0.25) is 0 Å². The van der Waals surface area contributed by atoms with Gasteiger partial charge in [0.15, 0.2) is 0 Å². The lowest BCUT2D eigenvalue weighted by atomic mass is 9.79. The van der Waals surface area contributed by atoms with Gasteiger partial charge >= 0.3 is 13.2 Å². The Kier molecular flexibility index (Phi) is 7.26. The van der Waals surface area contributed by atoms with Gasteiger partial charge in [-0.15, -0.1) is 0 Å². The lowest BCUT2D eigenvalue weighted by Crippen LogP contribution is -2.52. The van der Waals surface area contributed by atoms with E-state index < -0.39 is 36.2 Å². The minimum absolute atomic E-state index is 0.0381. The van der Waals surface area contributed by atoms with E-state index in [9.17, 15) is 9.59 Å². The molecular weight excluding hydrogens is 593 g/mol. The van der Waals surface area contributed by atoms with Crippen molar-refractivity contribution >= 4 is 41.2 Å². The van der Waals surface area contributed by atoms with Gasteiger partial charge < -0.3 is 28.6 Å². The summed E-state index contributed by atoms with van der Waals surface area (Å²) in [7, 11) is 1.56. The van der Waals surface area contributed by atoms with Crippen molar-refractivity contribution in [3.63, 3.8) is 0 Å². The summed E-state index contributed by atoms with van der Waals surface area (Å²) in [5.41, 5.74) is 4.47. The highest BCUT2D eigenvalue weighted by Gasteiger charge is 2.51. The van der Waals surface area contributed by atoms with Gasteiger partial charge in [-0.3, -0.25) is 4.79 Å². The number of carbonyl (C=O) groups excluding carboxylic acids is 2. The molecule has 47 heavy (non-hydrogen) atoms. The molecule has 0 N–H and O–H groups in total. The molecule has 0 aliphatic carbocycles. The highest BCUT2D eigenvalue weighted by Crippen LogP contribution is 2.45. The summed E-state index contributed by atoms with van der Waals surface area (Å²) in [6.07, 6.45) is -0.335. The summed E-state index contributed by atoms with van der Waals surface area (Å²) in [6.45, 7) is 14.7. The molecule has 4 heterocycles. The van der Waals surface area contributed by atoms with Gasteiger partial charge in [0.05, 0.1) is 33.7 Å². The molecule has 10 heteroatoms. The molecule has 4 aromatic rings. The summed E-state index contributed by atoms with van der Waals surface area (Å²) >= 11 is 0. The van der Waals surface area contributed by atoms with Gasteiger partial charge in [0.2, 0.25) is 0 Å². The van der Waals surface area contributed by atoms with Crippen molar-refractivity contribution in [2.75, 3.05) is 18.5 Å². The number of aromatic nitrogens is 1. The number of hydrogen-bond acceptors (Lipinski definition) is 7. The fourth-order valence-corrected chi connectivity index (χ4v) is 6.76. The van der Waals surface area contributed by atoms with Gasteiger partial charge in [0.1, 0.15) is 24.1 Å². The third kappa shape index (κ3) is 5.27. The van der Waals surface area contributed by atoms with Crippen molar-refractivity contribution in [1.82, 2.24) is 9.47 Å². The topological polar surface area (TPSA) is 82.5 Å². The molecule has 3 aromatic carbocycles. The molecule has 3 aliphatic rings. The van der Waals surface area contributed by atoms with Gasteiger partial charge in [0, 0.05) is 19.0 Å². The van der Waals surface area contributed by atoms with Crippen LogP contribution in [0.3, 0.4) is 0 Å². The molecule has 1 unspecified atom stereocenters. The first kappa shape index (κ1) is 31.3. The number of para-hydroxylation sites is 1. The summed E-state index contributed by atoms with van der Waals surface area (Å²) in [6, 6.07) is 21.5. The van der Waals surface area contributed by atoms with E-state index in [-0.39, 0.29) is 5.91 Å². The quantitative estimate of drug-likeness (QED) is 0.239. The number of rotatable bonds is 4. The molecule has 0 bridgehead atoms. The van der Waals surface area contributed by atoms with E-state index in [4.69, 9.17) is 18.8 Å². The van der Waals surface area contributed by atoms with E-state index in [1.807, 2.05) is 127 Å². The van der Waals surface area contributed by atoms with Crippen molar-refractivity contribution in [1.29, 1.82) is 0 Å². The molecule has 1 atom stereocenters. The minimum Gasteiger partial charge on any atom is -0.489 e. The third-order valence-electron chi connectivity index (χ3n) is 9.86. The Balaban J connectivity index is 1.20. The van der Waals surface area contributed by atoms with Crippen molar-refractivity contribution in [2.45, 2.75) is 84.5 Å². The van der Waals surface area contributed by atoms with Crippen LogP contribution >= 0.6 is 0 Å². The molecular formula is C37H42BN3O6. The number of benzene rings is 3. The number of anilines is 1. The average Bonchev–Trinajstić information content (AvgIpc) is 3.46. The Morgan fingerprint density at radius 2 is 1.66 bits per heavy atom. The van der Waals surface area contributed by atoms with Crippen molar-refractivity contribution in [2.24, 2.45) is 0 Å². The van der Waals surface area contributed by atoms with Gasteiger partial charge in [-0.1, -0.05) is 36.4 Å². The van der Waals surface area contributed by atoms with Gasteiger partial charge in [-0.05, 0) is 102 Å². The van der Waals surface area contributed by atoms with E-state index in [0.717, 1.165) is 38.9 Å². The van der Waals surface area contributed by atoms with E-state index in [0.29, 0.717) is 30.9 Å². The fourth-order valence-electron chi connectivity index (χ4n) is 6.76. The standard InChI is InChI=1S/C37H42BN3O6/c1-35(2,3)45-34(43)41-30-18-17-25(44-22-23-13-15-24(16-14-23)38-46-36(4,5)37(6,7)47-38)21-28(30)26-19-20-40-32(31(26)41)39(8)29-12-10-9-11-27(29)33(40)42/h9-18,21,32H,19-20,22H2,1-8H3. The molecule has 9 nitrogen and oxygen atoms in total. The molecule has 1 saturated heterocycles. The number of carbonyl (C=O) groups is 2. The molecule has 3 aliphatic heterocycles. The normalized spacial score (nSPS) is 19.8. The highest BCUT2D eigenvalue weighted by atomic mass is 16.7. The van der Waals surface area contributed by atoms with Crippen molar-refractivity contribution in [3.8, 4) is 5.75 Å². The maximum absolute atomic E-state index is 13.9. The largest absolute Gasteiger partial charge is 0.494 e. The number of amides is 1. The first-order valence-corrected chi connectivity index (χ1v) is 16.3. The zero-order valence-corrected chi connectivity index (χ0v) is 28.4. The SMILES string of the molecule is CN1c2ccccc2C(=O)N2CCc3c(n(C(=O)OC(C)(C)C)c4ccc(OCc5ccc(B6OC(C)(C)C(C)(C)O6)cc5)cc34)C21. The first-order chi connectivity index (χ1) is 22.1. The molecule has 7 rings (SSSR count). The lowest BCUT2D eigenvalue weighted by Gasteiger charge is -2.46. The van der Waals surface area contributed by atoms with Crippen LogP contribution in [0.15, 0.2) is 66.7 Å². The number of fused-ring (bicyclic) bond motifs is 6. The fraction of sp³-hybridized carbons (Fsp3) is 0.405. The lowest BCUT2D eigenvalue weighted by molar-refractivity contribution is 0.00578. The second-order valence-electron chi connectivity index (χ2n) is 14.7. The maximum Gasteiger partial charge on any atom is 0.494 e. The van der Waals surface area contributed by atoms with Gasteiger partial charge in [-0.2, -0.15) is 0 Å². The third-order valence-corrected chi connectivity index (χ3v) is 9.86. The van der Waals surface area contributed by atoms with Crippen LogP contribution in [0.25, 0.3) is 10.9 Å². The van der Waals surface area contributed by atoms with Gasteiger partial charge in [0.25, 0.3) is 5.91 Å². The molecule has 1 aromatic heterocycles. The van der Waals surface area contributed by atoms with Crippen LogP contribution in [0, 0.1) is 0 Å². The summed E-state index contributed by atoms with van der Waals surface area (Å²) < 4.78 is 26.3. The van der Waals surface area contributed by atoms with E-state index in [1.54, 1.807) is 4.57 Å². The Labute approximate surface area is 276 Å². The molecule has 244 valence electrons. The summed E-state index contributed by atoms with van der Waals surface area (Å²) in [4.78, 5) is 31.5. The van der Waals surface area contributed by atoms with Crippen LogP contribution in [-0.2, 0) is 27.1 Å². The Morgan fingerprint density at radius 1 is 0.979 bits per heavy atom. The zero-order valence-electron chi connectivity index (χ0n) is 28.4. The second-order valence-corrected chi connectivity index (χ2v) is 14.7. The van der Waals surface area contributed by atoms with E-state index >= 15 is 0 Å². The zero-order chi connectivity index (χ0) is 33.5. The Morgan fingerprint density at radius 3 is 2.34 bits per heavy atom. The monoisotopic (exact) mass is 635 g/mol. The van der Waals surface area contributed by atoms with E-state index in [1.165, 1.54) is 0 Å². The van der Waals surface area contributed by atoms with E-state index in [2.05, 4.69) is 4.90 Å². The number of hydrogen-bond donors (Lipinski definition) is 0. The molecule has 0 saturated carbocycles. The Hall–Kier alpha value is -4.28. The van der Waals surface area contributed by atoms with Crippen LogP contribution in [0.5, 0.6) is 5.75 Å². The van der Waals surface area contributed by atoms with Crippen molar-refractivity contribution < 1.29 is 28.4 Å². The van der Waals surface area contributed by atoms with Crippen LogP contribution < -0.4 is 15.1 Å². The second kappa shape index (κ2) is 10.9. The van der Waals surface area contributed by atoms with Crippen LogP contribution in [0.4, 0.5) is 10.5 Å². The number of nitrogens with zero attached hydrogens (tertiary/aromatic N) is 3. The Bertz CT molecular complexity index is 1870. The van der Waals surface area contributed by atoms with Crippen LogP contribution in [-0.4, -0.2) is 59.0 Å². The predicted octanol–water partition coefficient (Wildman–Crippen LogP) is 6.45. The molecule has 0 spiro atoms.